The first-order valence-electron chi connectivity index (χ1n) is 9.95. The number of aliphatic hydroxyl groups is 1. The Labute approximate surface area is 176 Å². The molecule has 1 rings (SSSR count). The second-order valence-corrected chi connectivity index (χ2v) is 7.99. The molecule has 9 heteroatoms. The van der Waals surface area contributed by atoms with Gasteiger partial charge in [0.05, 0.1) is 19.2 Å². The zero-order valence-corrected chi connectivity index (χ0v) is 17.9. The minimum Gasteiger partial charge on any atom is -0.449 e. The fourth-order valence-electron chi connectivity index (χ4n) is 2.57. The third-order valence-electron chi connectivity index (χ3n) is 4.07. The first-order valence-corrected chi connectivity index (χ1v) is 9.95. The molecule has 0 heterocycles. The lowest BCUT2D eigenvalue weighted by molar-refractivity contribution is -0.119. The summed E-state index contributed by atoms with van der Waals surface area (Å²) < 4.78 is 38.8. The van der Waals surface area contributed by atoms with Gasteiger partial charge in [0.1, 0.15) is 12.7 Å². The molecule has 2 amide bonds. The number of aliphatic hydroxyl groups excluding tert-OH is 1. The Kier molecular flexibility index (Phi) is 10.5. The van der Waals surface area contributed by atoms with Crippen LogP contribution in [-0.4, -0.2) is 48.5 Å². The molecule has 0 spiro atoms. The van der Waals surface area contributed by atoms with Crippen molar-refractivity contribution in [2.45, 2.75) is 58.8 Å². The summed E-state index contributed by atoms with van der Waals surface area (Å²) in [6, 6.07) is 7.62. The number of nitrogens with one attached hydrogen (secondary N) is 2. The summed E-state index contributed by atoms with van der Waals surface area (Å²) in [6.07, 6.45) is -4.04. The maximum atomic E-state index is 14.5. The van der Waals surface area contributed by atoms with Crippen molar-refractivity contribution >= 4 is 12.2 Å². The van der Waals surface area contributed by atoms with Crippen molar-refractivity contribution in [2.24, 2.45) is 11.8 Å². The van der Waals surface area contributed by atoms with E-state index in [1.165, 1.54) is 0 Å². The van der Waals surface area contributed by atoms with Crippen LogP contribution in [0.5, 0.6) is 0 Å². The maximum Gasteiger partial charge on any atom is 0.407 e. The van der Waals surface area contributed by atoms with Crippen LogP contribution >= 0.6 is 0 Å². The average molecular weight is 430 g/mol. The Morgan fingerprint density at radius 3 is 2.23 bits per heavy atom. The van der Waals surface area contributed by atoms with Gasteiger partial charge in [0.15, 0.2) is 0 Å². The molecule has 2 atom stereocenters. The first kappa shape index (κ1) is 25.6. The lowest BCUT2D eigenvalue weighted by atomic mass is 9.95. The molecule has 0 saturated heterocycles. The molecule has 0 saturated carbocycles. The normalized spacial score (nSPS) is 13.6. The van der Waals surface area contributed by atoms with Crippen molar-refractivity contribution in [2.75, 3.05) is 13.2 Å². The van der Waals surface area contributed by atoms with Gasteiger partial charge < -0.3 is 25.2 Å². The summed E-state index contributed by atoms with van der Waals surface area (Å²) in [6.45, 7) is 6.10. The molecule has 0 fully saturated rings. The average Bonchev–Trinajstić information content (AvgIpc) is 2.68. The highest BCUT2D eigenvalue weighted by atomic mass is 19.3. The summed E-state index contributed by atoms with van der Waals surface area (Å²) >= 11 is 0. The Balaban J connectivity index is 2.65. The highest BCUT2D eigenvalue weighted by Gasteiger charge is 2.44. The van der Waals surface area contributed by atoms with Gasteiger partial charge in [-0.3, -0.25) is 0 Å². The largest absolute Gasteiger partial charge is 0.449 e. The van der Waals surface area contributed by atoms with Crippen LogP contribution in [0.1, 0.15) is 39.7 Å². The van der Waals surface area contributed by atoms with Gasteiger partial charge in [-0.15, -0.1) is 0 Å². The molecule has 1 aromatic rings. The Morgan fingerprint density at radius 1 is 1.03 bits per heavy atom. The number of amides is 2. The van der Waals surface area contributed by atoms with E-state index in [1.807, 2.05) is 25.2 Å². The van der Waals surface area contributed by atoms with E-state index in [1.54, 1.807) is 38.1 Å². The van der Waals surface area contributed by atoms with Gasteiger partial charge in [0.25, 0.3) is 5.92 Å². The SMILES string of the molecule is CC(C)COC(=O)NCC(F)(F)C(O)C(CC(C)C)NC(=O)OCc1ccccc1. The number of carbonyl (C=O) groups is 2. The highest BCUT2D eigenvalue weighted by molar-refractivity contribution is 5.68. The predicted octanol–water partition coefficient (Wildman–Crippen LogP) is 3.71. The van der Waals surface area contributed by atoms with Gasteiger partial charge in [0.2, 0.25) is 0 Å². The monoisotopic (exact) mass is 430 g/mol. The molecule has 2 unspecified atom stereocenters. The molecular weight excluding hydrogens is 398 g/mol. The molecule has 170 valence electrons. The minimum absolute atomic E-state index is 0.0309. The van der Waals surface area contributed by atoms with Crippen LogP contribution in [0, 0.1) is 11.8 Å². The first-order chi connectivity index (χ1) is 14.0. The van der Waals surface area contributed by atoms with Gasteiger partial charge in [-0.25, -0.2) is 18.4 Å². The quantitative estimate of drug-likeness (QED) is 0.497. The van der Waals surface area contributed by atoms with Crippen molar-refractivity contribution in [3.63, 3.8) is 0 Å². The Bertz CT molecular complexity index is 656. The summed E-state index contributed by atoms with van der Waals surface area (Å²) in [4.78, 5) is 23.6. The lowest BCUT2D eigenvalue weighted by Crippen LogP contribution is -2.55. The van der Waals surface area contributed by atoms with Crippen LogP contribution in [0.4, 0.5) is 18.4 Å². The second kappa shape index (κ2) is 12.3. The number of halogens is 2. The third-order valence-corrected chi connectivity index (χ3v) is 4.07. The summed E-state index contributed by atoms with van der Waals surface area (Å²) in [5, 5.41) is 14.5. The molecular formula is C21H32F2N2O5. The molecule has 1 aromatic carbocycles. The van der Waals surface area contributed by atoms with Crippen molar-refractivity contribution in [1.82, 2.24) is 10.6 Å². The summed E-state index contributed by atoms with van der Waals surface area (Å²) in [5.74, 6) is -3.72. The standard InChI is InChI=1S/C21H32F2N2O5/c1-14(2)10-17(25-20(28)30-12-16-8-6-5-7-9-16)18(26)21(22,23)13-24-19(27)29-11-15(3)4/h5-9,14-15,17-18,26H,10-13H2,1-4H3,(H,24,27)(H,25,28). The molecule has 30 heavy (non-hydrogen) atoms. The smallest absolute Gasteiger partial charge is 0.407 e. The van der Waals surface area contributed by atoms with Crippen LogP contribution in [0.3, 0.4) is 0 Å². The third kappa shape index (κ3) is 9.87. The fraction of sp³-hybridized carbons (Fsp3) is 0.619. The lowest BCUT2D eigenvalue weighted by Gasteiger charge is -2.31. The molecule has 0 aliphatic heterocycles. The number of ether oxygens (including phenoxy) is 2. The van der Waals surface area contributed by atoms with E-state index >= 15 is 0 Å². The number of hydrogen-bond acceptors (Lipinski definition) is 5. The van der Waals surface area contributed by atoms with E-state index in [-0.39, 0.29) is 31.5 Å². The number of benzene rings is 1. The van der Waals surface area contributed by atoms with E-state index in [0.29, 0.717) is 0 Å². The number of alkyl carbamates (subject to hydrolysis) is 2. The second-order valence-electron chi connectivity index (χ2n) is 7.99. The van der Waals surface area contributed by atoms with Crippen LogP contribution in [0.25, 0.3) is 0 Å². The van der Waals surface area contributed by atoms with Gasteiger partial charge >= 0.3 is 12.2 Å². The topological polar surface area (TPSA) is 96.9 Å². The maximum absolute atomic E-state index is 14.5. The summed E-state index contributed by atoms with van der Waals surface area (Å²) in [5.41, 5.74) is 0.739. The van der Waals surface area contributed by atoms with Crippen molar-refractivity contribution in [3.05, 3.63) is 35.9 Å². The molecule has 0 radical (unpaired) electrons. The van der Waals surface area contributed by atoms with E-state index in [2.05, 4.69) is 5.32 Å². The van der Waals surface area contributed by atoms with E-state index in [4.69, 9.17) is 9.47 Å². The van der Waals surface area contributed by atoms with Crippen molar-refractivity contribution < 1.29 is 33.0 Å². The molecule has 0 aliphatic carbocycles. The molecule has 0 bridgehead atoms. The van der Waals surface area contributed by atoms with E-state index < -0.39 is 36.8 Å². The highest BCUT2D eigenvalue weighted by Crippen LogP contribution is 2.24. The van der Waals surface area contributed by atoms with Gasteiger partial charge in [-0.2, -0.15) is 0 Å². The van der Waals surface area contributed by atoms with Crippen LogP contribution in [0.15, 0.2) is 30.3 Å². The van der Waals surface area contributed by atoms with Crippen LogP contribution in [-0.2, 0) is 16.1 Å². The van der Waals surface area contributed by atoms with Crippen LogP contribution < -0.4 is 10.6 Å². The fourth-order valence-corrected chi connectivity index (χ4v) is 2.57. The number of carbonyl (C=O) groups excluding carboxylic acids is 2. The van der Waals surface area contributed by atoms with Crippen molar-refractivity contribution in [3.8, 4) is 0 Å². The van der Waals surface area contributed by atoms with E-state index in [0.717, 1.165) is 5.56 Å². The molecule has 0 aliphatic rings. The molecule has 0 aromatic heterocycles. The van der Waals surface area contributed by atoms with E-state index in [9.17, 15) is 23.5 Å². The summed E-state index contributed by atoms with van der Waals surface area (Å²) in [7, 11) is 0. The number of hydrogen-bond donors (Lipinski definition) is 3. The molecule has 3 N–H and O–H groups in total. The molecule has 7 nitrogen and oxygen atoms in total. The minimum atomic E-state index is -3.69. The van der Waals surface area contributed by atoms with Gasteiger partial charge in [0, 0.05) is 0 Å². The predicted molar refractivity (Wildman–Crippen MR) is 108 cm³/mol. The zero-order chi connectivity index (χ0) is 22.7. The van der Waals surface area contributed by atoms with Gasteiger partial charge in [-0.05, 0) is 23.8 Å². The zero-order valence-electron chi connectivity index (χ0n) is 17.9. The number of rotatable bonds is 11. The Hall–Kier alpha value is -2.42. The van der Waals surface area contributed by atoms with Crippen molar-refractivity contribution in [1.29, 1.82) is 0 Å². The number of alkyl halides is 2. The Morgan fingerprint density at radius 2 is 1.67 bits per heavy atom. The van der Waals surface area contributed by atoms with Crippen LogP contribution in [0.2, 0.25) is 0 Å². The van der Waals surface area contributed by atoms with Gasteiger partial charge in [-0.1, -0.05) is 58.0 Å².